The Labute approximate surface area is 210 Å². The third kappa shape index (κ3) is 6.63. The van der Waals surface area contributed by atoms with Crippen molar-refractivity contribution in [3.05, 3.63) is 100 Å². The van der Waals surface area contributed by atoms with Crippen LogP contribution in [0.2, 0.25) is 0 Å². The maximum absolute atomic E-state index is 12.7. The smallest absolute Gasteiger partial charge is 0.241 e. The molecular weight excluding hydrogens is 478 g/mol. The second kappa shape index (κ2) is 10.9. The van der Waals surface area contributed by atoms with Crippen molar-refractivity contribution in [2.45, 2.75) is 37.6 Å². The molecule has 0 saturated carbocycles. The summed E-state index contributed by atoms with van der Waals surface area (Å²) < 4.78 is 28.2. The summed E-state index contributed by atoms with van der Waals surface area (Å²) in [6, 6.07) is 23.4. The predicted molar refractivity (Wildman–Crippen MR) is 141 cm³/mol. The zero-order valence-corrected chi connectivity index (χ0v) is 21.2. The zero-order valence-electron chi connectivity index (χ0n) is 19.6. The number of amides is 1. The van der Waals surface area contributed by atoms with Crippen LogP contribution in [0.15, 0.2) is 89.1 Å². The van der Waals surface area contributed by atoms with E-state index >= 15 is 0 Å². The molecule has 1 unspecified atom stereocenters. The molecule has 2 N–H and O–H groups in total. The van der Waals surface area contributed by atoms with E-state index < -0.39 is 10.0 Å². The van der Waals surface area contributed by atoms with Crippen molar-refractivity contribution in [1.82, 2.24) is 9.71 Å². The lowest BCUT2D eigenvalue weighted by Gasteiger charge is -2.15. The molecule has 1 atom stereocenters. The Morgan fingerprint density at radius 1 is 1.00 bits per heavy atom. The van der Waals surface area contributed by atoms with Crippen LogP contribution in [0.4, 0.5) is 5.69 Å². The minimum atomic E-state index is -3.66. The van der Waals surface area contributed by atoms with Crippen LogP contribution in [0, 0.1) is 6.92 Å². The molecule has 4 rings (SSSR count). The molecule has 0 fully saturated rings. The lowest BCUT2D eigenvalue weighted by molar-refractivity contribution is -0.116. The van der Waals surface area contributed by atoms with E-state index in [1.165, 1.54) is 0 Å². The van der Waals surface area contributed by atoms with Crippen molar-refractivity contribution in [1.29, 1.82) is 0 Å². The number of benzene rings is 3. The highest BCUT2D eigenvalue weighted by Gasteiger charge is 2.18. The van der Waals surface area contributed by atoms with E-state index in [9.17, 15) is 13.2 Å². The highest BCUT2D eigenvalue weighted by molar-refractivity contribution is 7.89. The number of carbonyl (C=O) groups excluding carboxylic acids is 1. The van der Waals surface area contributed by atoms with E-state index in [0.717, 1.165) is 33.1 Å². The third-order valence-corrected chi connectivity index (χ3v) is 7.90. The van der Waals surface area contributed by atoms with E-state index in [2.05, 4.69) is 15.0 Å². The highest BCUT2D eigenvalue weighted by atomic mass is 32.2. The number of nitrogens with zero attached hydrogens (tertiary/aromatic N) is 1. The molecule has 1 heterocycles. The summed E-state index contributed by atoms with van der Waals surface area (Å²) in [5.41, 5.74) is 4.36. The number of sulfonamides is 1. The van der Waals surface area contributed by atoms with Crippen LogP contribution >= 0.6 is 11.3 Å². The first-order chi connectivity index (χ1) is 16.8. The standard InChI is InChI=1S/C27H27N3O3S2/c1-19(22-7-4-3-5-8-22)30-35(32,33)25-14-11-21(12-15-25)13-16-27(31)29-24-10-6-9-23(17-24)26-18-34-20(2)28-26/h3-12,14-15,17-19,30H,13,16H2,1-2H3,(H,29,31). The van der Waals surface area contributed by atoms with Gasteiger partial charge in [-0.2, -0.15) is 0 Å². The molecule has 0 aliphatic carbocycles. The monoisotopic (exact) mass is 505 g/mol. The van der Waals surface area contributed by atoms with Crippen LogP contribution in [0.1, 0.15) is 35.5 Å². The molecule has 8 heteroatoms. The Balaban J connectivity index is 1.32. The van der Waals surface area contributed by atoms with Gasteiger partial charge in [0.15, 0.2) is 0 Å². The Morgan fingerprint density at radius 3 is 2.43 bits per heavy atom. The van der Waals surface area contributed by atoms with Crippen molar-refractivity contribution in [2.24, 2.45) is 0 Å². The van der Waals surface area contributed by atoms with Gasteiger partial charge in [0.05, 0.1) is 15.6 Å². The summed E-state index contributed by atoms with van der Waals surface area (Å²) >= 11 is 1.59. The van der Waals surface area contributed by atoms with Crippen LogP contribution < -0.4 is 10.0 Å². The number of hydrogen-bond acceptors (Lipinski definition) is 5. The van der Waals surface area contributed by atoms with Crippen LogP contribution in [-0.4, -0.2) is 19.3 Å². The van der Waals surface area contributed by atoms with Crippen LogP contribution in [-0.2, 0) is 21.2 Å². The molecule has 0 spiro atoms. The van der Waals surface area contributed by atoms with E-state index in [-0.39, 0.29) is 23.3 Å². The minimum Gasteiger partial charge on any atom is -0.326 e. The van der Waals surface area contributed by atoms with Crippen molar-refractivity contribution in [3.8, 4) is 11.3 Å². The molecule has 0 radical (unpaired) electrons. The fraction of sp³-hybridized carbons (Fsp3) is 0.185. The van der Waals surface area contributed by atoms with E-state index in [1.54, 1.807) is 35.6 Å². The minimum absolute atomic E-state index is 0.105. The fourth-order valence-electron chi connectivity index (χ4n) is 3.68. The molecule has 3 aromatic carbocycles. The Kier molecular flexibility index (Phi) is 7.75. The van der Waals surface area contributed by atoms with Crippen molar-refractivity contribution in [2.75, 3.05) is 5.32 Å². The first-order valence-corrected chi connectivity index (χ1v) is 13.6. The highest BCUT2D eigenvalue weighted by Crippen LogP contribution is 2.24. The maximum Gasteiger partial charge on any atom is 0.241 e. The summed E-state index contributed by atoms with van der Waals surface area (Å²) in [6.07, 6.45) is 0.792. The number of nitrogens with one attached hydrogen (secondary N) is 2. The first kappa shape index (κ1) is 24.8. The lowest BCUT2D eigenvalue weighted by atomic mass is 10.1. The van der Waals surface area contributed by atoms with E-state index in [4.69, 9.17) is 0 Å². The average Bonchev–Trinajstić information content (AvgIpc) is 3.30. The summed E-state index contributed by atoms with van der Waals surface area (Å²) in [5.74, 6) is -0.105. The summed E-state index contributed by atoms with van der Waals surface area (Å²) in [6.45, 7) is 3.77. The van der Waals surface area contributed by atoms with Gasteiger partial charge in [-0.1, -0.05) is 54.6 Å². The predicted octanol–water partition coefficient (Wildman–Crippen LogP) is 5.73. The number of rotatable bonds is 9. The molecule has 0 saturated heterocycles. The van der Waals surface area contributed by atoms with Crippen LogP contribution in [0.3, 0.4) is 0 Å². The summed E-state index contributed by atoms with van der Waals surface area (Å²) in [5, 5.41) is 5.93. The van der Waals surface area contributed by atoms with Gasteiger partial charge >= 0.3 is 0 Å². The lowest BCUT2D eigenvalue weighted by Crippen LogP contribution is -2.26. The van der Waals surface area contributed by atoms with Crippen molar-refractivity contribution < 1.29 is 13.2 Å². The van der Waals surface area contributed by atoms with Crippen LogP contribution in [0.25, 0.3) is 11.3 Å². The molecule has 0 aliphatic rings. The number of aryl methyl sites for hydroxylation is 2. The van der Waals surface area contributed by atoms with Gasteiger partial charge in [0, 0.05) is 29.1 Å². The largest absolute Gasteiger partial charge is 0.326 e. The van der Waals surface area contributed by atoms with Crippen LogP contribution in [0.5, 0.6) is 0 Å². The third-order valence-electron chi connectivity index (χ3n) is 5.57. The normalized spacial score (nSPS) is 12.3. The number of anilines is 1. The van der Waals surface area contributed by atoms with Gasteiger partial charge < -0.3 is 5.32 Å². The molecule has 6 nitrogen and oxygen atoms in total. The molecule has 0 bridgehead atoms. The maximum atomic E-state index is 12.7. The zero-order chi connectivity index (χ0) is 24.8. The molecule has 4 aromatic rings. The topological polar surface area (TPSA) is 88.2 Å². The van der Waals surface area contributed by atoms with Gasteiger partial charge in [0.25, 0.3) is 0 Å². The Bertz CT molecular complexity index is 1400. The Hall–Kier alpha value is -3.33. The van der Waals surface area contributed by atoms with E-state index in [1.807, 2.05) is 73.8 Å². The molecule has 0 aliphatic heterocycles. The number of aromatic nitrogens is 1. The van der Waals surface area contributed by atoms with Gasteiger partial charge in [-0.25, -0.2) is 18.1 Å². The molecule has 35 heavy (non-hydrogen) atoms. The number of hydrogen-bond donors (Lipinski definition) is 2. The molecular formula is C27H27N3O3S2. The molecule has 1 amide bonds. The van der Waals surface area contributed by atoms with Gasteiger partial charge in [0.2, 0.25) is 15.9 Å². The SMILES string of the molecule is Cc1nc(-c2cccc(NC(=O)CCc3ccc(S(=O)(=O)NC(C)c4ccccc4)cc3)c2)cs1. The Morgan fingerprint density at radius 2 is 1.74 bits per heavy atom. The fourth-order valence-corrected chi connectivity index (χ4v) is 5.53. The summed E-state index contributed by atoms with van der Waals surface area (Å²) in [4.78, 5) is 17.2. The van der Waals surface area contributed by atoms with Gasteiger partial charge in [-0.3, -0.25) is 4.79 Å². The second-order valence-corrected chi connectivity index (χ2v) is 11.1. The first-order valence-electron chi connectivity index (χ1n) is 11.3. The van der Waals surface area contributed by atoms with E-state index in [0.29, 0.717) is 6.42 Å². The summed E-state index contributed by atoms with van der Waals surface area (Å²) in [7, 11) is -3.66. The number of carbonyl (C=O) groups is 1. The molecule has 180 valence electrons. The quantitative estimate of drug-likeness (QED) is 0.304. The van der Waals surface area contributed by atoms with Gasteiger partial charge in [-0.05, 0) is 55.7 Å². The van der Waals surface area contributed by atoms with Crippen molar-refractivity contribution in [3.63, 3.8) is 0 Å². The van der Waals surface area contributed by atoms with Crippen molar-refractivity contribution >= 4 is 33.0 Å². The number of thiazole rings is 1. The second-order valence-electron chi connectivity index (χ2n) is 8.28. The molecule has 1 aromatic heterocycles. The average molecular weight is 506 g/mol. The van der Waals surface area contributed by atoms with Gasteiger partial charge in [-0.15, -0.1) is 11.3 Å². The van der Waals surface area contributed by atoms with Gasteiger partial charge in [0.1, 0.15) is 0 Å².